The highest BCUT2D eigenvalue weighted by atomic mass is 16.5. The molecule has 0 aliphatic carbocycles. The molecular weight excluding hydrogens is 342 g/mol. The van der Waals surface area contributed by atoms with Crippen molar-refractivity contribution < 1.29 is 9.84 Å². The average Bonchev–Trinajstić information content (AvgIpc) is 2.73. The number of piperazine rings is 1. The Labute approximate surface area is 160 Å². The molecule has 0 amide bonds. The lowest BCUT2D eigenvalue weighted by Gasteiger charge is -2.37. The zero-order chi connectivity index (χ0) is 19.1. The molecule has 1 fully saturated rings. The molecule has 0 unspecified atom stereocenters. The number of nitrogens with one attached hydrogen (secondary N) is 1. The van der Waals surface area contributed by atoms with Gasteiger partial charge in [0.1, 0.15) is 5.82 Å². The third kappa shape index (κ3) is 4.61. The molecule has 0 bridgehead atoms. The van der Waals surface area contributed by atoms with Gasteiger partial charge in [-0.3, -0.25) is 0 Å². The molecule has 1 saturated heterocycles. The first-order valence-electron chi connectivity index (χ1n) is 9.27. The van der Waals surface area contributed by atoms with Crippen LogP contribution in [0.15, 0.2) is 47.6 Å². The Hall–Kier alpha value is -2.96. The minimum atomic E-state index is 0.152. The summed E-state index contributed by atoms with van der Waals surface area (Å²) in [6.45, 7) is 6.77. The SMILES string of the molecule is CCNC(=NCc1cccc(OC)c1O)N1CCN(c2ccccn2)CC1. The van der Waals surface area contributed by atoms with Crippen molar-refractivity contribution in [3.05, 3.63) is 48.2 Å². The van der Waals surface area contributed by atoms with Gasteiger partial charge in [0.2, 0.25) is 0 Å². The number of nitrogens with zero attached hydrogens (tertiary/aromatic N) is 4. The Morgan fingerprint density at radius 3 is 2.67 bits per heavy atom. The summed E-state index contributed by atoms with van der Waals surface area (Å²) in [5.41, 5.74) is 0.747. The quantitative estimate of drug-likeness (QED) is 0.621. The number of hydrogen-bond acceptors (Lipinski definition) is 5. The first kappa shape index (κ1) is 18.8. The number of anilines is 1. The van der Waals surface area contributed by atoms with Gasteiger partial charge in [-0.15, -0.1) is 0 Å². The number of guanidine groups is 1. The van der Waals surface area contributed by atoms with Gasteiger partial charge in [-0.1, -0.05) is 18.2 Å². The minimum Gasteiger partial charge on any atom is -0.504 e. The van der Waals surface area contributed by atoms with Gasteiger partial charge >= 0.3 is 0 Å². The lowest BCUT2D eigenvalue weighted by molar-refractivity contribution is 0.368. The number of methoxy groups -OCH3 is 1. The number of hydrogen-bond donors (Lipinski definition) is 2. The first-order valence-corrected chi connectivity index (χ1v) is 9.27. The fraction of sp³-hybridized carbons (Fsp3) is 0.400. The minimum absolute atomic E-state index is 0.152. The molecule has 0 saturated carbocycles. The maximum absolute atomic E-state index is 10.3. The maximum atomic E-state index is 10.3. The van der Waals surface area contributed by atoms with Gasteiger partial charge in [-0.2, -0.15) is 0 Å². The van der Waals surface area contributed by atoms with Gasteiger partial charge in [0.15, 0.2) is 17.5 Å². The lowest BCUT2D eigenvalue weighted by Crippen LogP contribution is -2.52. The molecule has 0 radical (unpaired) electrons. The van der Waals surface area contributed by atoms with Gasteiger partial charge in [0.05, 0.1) is 13.7 Å². The molecule has 7 heteroatoms. The summed E-state index contributed by atoms with van der Waals surface area (Å²) >= 11 is 0. The molecule has 3 rings (SSSR count). The molecule has 2 N–H and O–H groups in total. The molecular formula is C20H27N5O2. The highest BCUT2D eigenvalue weighted by Gasteiger charge is 2.20. The van der Waals surface area contributed by atoms with E-state index in [0.29, 0.717) is 12.3 Å². The number of phenols is 1. The zero-order valence-corrected chi connectivity index (χ0v) is 15.9. The van der Waals surface area contributed by atoms with Crippen LogP contribution in [0.2, 0.25) is 0 Å². The van der Waals surface area contributed by atoms with Crippen molar-refractivity contribution in [1.82, 2.24) is 15.2 Å². The topological polar surface area (TPSA) is 73.2 Å². The van der Waals surface area contributed by atoms with Gasteiger partial charge < -0.3 is 25.0 Å². The van der Waals surface area contributed by atoms with E-state index in [0.717, 1.165) is 50.1 Å². The molecule has 2 heterocycles. The number of ether oxygens (including phenoxy) is 1. The summed E-state index contributed by atoms with van der Waals surface area (Å²) < 4.78 is 5.17. The summed E-state index contributed by atoms with van der Waals surface area (Å²) in [7, 11) is 1.55. The Morgan fingerprint density at radius 2 is 2.00 bits per heavy atom. The average molecular weight is 369 g/mol. The van der Waals surface area contributed by atoms with Gasteiger partial charge in [0.25, 0.3) is 0 Å². The van der Waals surface area contributed by atoms with E-state index in [1.165, 1.54) is 0 Å². The lowest BCUT2D eigenvalue weighted by atomic mass is 10.2. The van der Waals surface area contributed by atoms with Crippen molar-refractivity contribution in [2.75, 3.05) is 44.7 Å². The summed E-state index contributed by atoms with van der Waals surface area (Å²) in [5, 5.41) is 13.6. The molecule has 0 atom stereocenters. The molecule has 27 heavy (non-hydrogen) atoms. The molecule has 1 aromatic carbocycles. The first-order chi connectivity index (χ1) is 13.2. The number of phenolic OH excluding ortho intramolecular Hbond substituents is 1. The summed E-state index contributed by atoms with van der Waals surface area (Å²) in [5.74, 6) is 2.50. The third-order valence-corrected chi connectivity index (χ3v) is 4.59. The number of aromatic nitrogens is 1. The fourth-order valence-corrected chi connectivity index (χ4v) is 3.13. The molecule has 2 aromatic rings. The standard InChI is InChI=1S/C20H27N5O2/c1-3-21-20(23-15-16-7-6-8-17(27-2)19(16)26)25-13-11-24(12-14-25)18-9-4-5-10-22-18/h4-10,26H,3,11-15H2,1-2H3,(H,21,23). The van der Waals surface area contributed by atoms with E-state index < -0.39 is 0 Å². The Bertz CT molecular complexity index is 758. The van der Waals surface area contributed by atoms with E-state index in [2.05, 4.69) is 27.0 Å². The van der Waals surface area contributed by atoms with Crippen molar-refractivity contribution in [1.29, 1.82) is 0 Å². The molecule has 1 aliphatic rings. The van der Waals surface area contributed by atoms with E-state index in [1.807, 2.05) is 36.5 Å². The van der Waals surface area contributed by atoms with Crippen LogP contribution in [0.1, 0.15) is 12.5 Å². The predicted molar refractivity (Wildman–Crippen MR) is 107 cm³/mol. The number of para-hydroxylation sites is 1. The van der Waals surface area contributed by atoms with Crippen LogP contribution in [0.25, 0.3) is 0 Å². The number of pyridine rings is 1. The van der Waals surface area contributed by atoms with E-state index in [4.69, 9.17) is 9.73 Å². The second kappa shape index (κ2) is 9.12. The number of rotatable bonds is 5. The normalized spacial score (nSPS) is 15.0. The van der Waals surface area contributed by atoms with Crippen molar-refractivity contribution in [3.8, 4) is 11.5 Å². The van der Waals surface area contributed by atoms with E-state index in [-0.39, 0.29) is 5.75 Å². The second-order valence-electron chi connectivity index (χ2n) is 6.30. The maximum Gasteiger partial charge on any atom is 0.194 e. The number of aliphatic imine (C=N–C) groups is 1. The van der Waals surface area contributed by atoms with Crippen molar-refractivity contribution in [2.24, 2.45) is 4.99 Å². The highest BCUT2D eigenvalue weighted by molar-refractivity contribution is 5.80. The highest BCUT2D eigenvalue weighted by Crippen LogP contribution is 2.29. The van der Waals surface area contributed by atoms with Crippen molar-refractivity contribution in [2.45, 2.75) is 13.5 Å². The van der Waals surface area contributed by atoms with Gasteiger partial charge in [-0.05, 0) is 25.1 Å². The van der Waals surface area contributed by atoms with Crippen LogP contribution in [0.3, 0.4) is 0 Å². The van der Waals surface area contributed by atoms with Crippen LogP contribution in [0.4, 0.5) is 5.82 Å². The Balaban J connectivity index is 1.66. The summed E-state index contributed by atoms with van der Waals surface area (Å²) in [6.07, 6.45) is 1.83. The van der Waals surface area contributed by atoms with Crippen molar-refractivity contribution >= 4 is 11.8 Å². The van der Waals surface area contributed by atoms with Crippen LogP contribution < -0.4 is 15.0 Å². The van der Waals surface area contributed by atoms with E-state index >= 15 is 0 Å². The van der Waals surface area contributed by atoms with E-state index in [1.54, 1.807) is 13.2 Å². The monoisotopic (exact) mass is 369 g/mol. The zero-order valence-electron chi connectivity index (χ0n) is 15.9. The van der Waals surface area contributed by atoms with Crippen LogP contribution in [0, 0.1) is 0 Å². The van der Waals surface area contributed by atoms with E-state index in [9.17, 15) is 5.11 Å². The predicted octanol–water partition coefficient (Wildman–Crippen LogP) is 2.08. The molecule has 7 nitrogen and oxygen atoms in total. The summed E-state index contributed by atoms with van der Waals surface area (Å²) in [6, 6.07) is 11.5. The number of benzene rings is 1. The van der Waals surface area contributed by atoms with Crippen molar-refractivity contribution in [3.63, 3.8) is 0 Å². The van der Waals surface area contributed by atoms with Crippen LogP contribution in [-0.2, 0) is 6.54 Å². The van der Waals surface area contributed by atoms with Crippen LogP contribution >= 0.6 is 0 Å². The molecule has 1 aliphatic heterocycles. The number of aromatic hydroxyl groups is 1. The van der Waals surface area contributed by atoms with Gasteiger partial charge in [-0.25, -0.2) is 9.98 Å². The fourth-order valence-electron chi connectivity index (χ4n) is 3.13. The molecule has 144 valence electrons. The molecule has 1 aromatic heterocycles. The van der Waals surface area contributed by atoms with Crippen LogP contribution in [0.5, 0.6) is 11.5 Å². The smallest absolute Gasteiger partial charge is 0.194 e. The van der Waals surface area contributed by atoms with Gasteiger partial charge in [0, 0.05) is 44.5 Å². The Morgan fingerprint density at radius 1 is 1.19 bits per heavy atom. The molecule has 0 spiro atoms. The van der Waals surface area contributed by atoms with Crippen LogP contribution in [-0.4, -0.2) is 60.8 Å². The largest absolute Gasteiger partial charge is 0.504 e. The Kier molecular flexibility index (Phi) is 6.35. The second-order valence-corrected chi connectivity index (χ2v) is 6.30. The summed E-state index contributed by atoms with van der Waals surface area (Å²) in [4.78, 5) is 13.7. The third-order valence-electron chi connectivity index (χ3n) is 4.59.